The Hall–Kier alpha value is -2.66. The van der Waals surface area contributed by atoms with Crippen molar-refractivity contribution in [3.8, 4) is 0 Å². The molecule has 0 unspecified atom stereocenters. The van der Waals surface area contributed by atoms with E-state index in [1.165, 1.54) is 12.0 Å². The minimum Gasteiger partial charge on any atom is -0.334 e. The molecular formula is C24H30N4O. The first kappa shape index (κ1) is 19.6. The molecule has 2 N–H and O–H groups in total. The molecule has 3 aromatic rings. The number of nitrogens with zero attached hydrogens (tertiary/aromatic N) is 2. The molecule has 5 heteroatoms. The van der Waals surface area contributed by atoms with Crippen molar-refractivity contribution in [1.29, 1.82) is 0 Å². The van der Waals surface area contributed by atoms with E-state index in [1.807, 2.05) is 36.1 Å². The zero-order valence-corrected chi connectivity index (χ0v) is 17.3. The lowest BCUT2D eigenvalue weighted by atomic mass is 9.89. The molecule has 0 saturated heterocycles. The molecule has 0 radical (unpaired) electrons. The van der Waals surface area contributed by atoms with E-state index in [1.54, 1.807) is 0 Å². The maximum absolute atomic E-state index is 13.2. The Labute approximate surface area is 172 Å². The Morgan fingerprint density at radius 3 is 2.83 bits per heavy atom. The maximum atomic E-state index is 13.2. The maximum Gasteiger partial charge on any atom is 0.289 e. The van der Waals surface area contributed by atoms with Crippen molar-refractivity contribution in [3.63, 3.8) is 0 Å². The zero-order chi connectivity index (χ0) is 20.2. The third kappa shape index (κ3) is 4.51. The fourth-order valence-corrected chi connectivity index (χ4v) is 4.42. The highest BCUT2D eigenvalue weighted by Gasteiger charge is 2.30. The Bertz CT molecular complexity index is 965. The molecule has 2 atom stereocenters. The van der Waals surface area contributed by atoms with Gasteiger partial charge in [-0.25, -0.2) is 4.98 Å². The summed E-state index contributed by atoms with van der Waals surface area (Å²) in [5.74, 6) is 0.460. The van der Waals surface area contributed by atoms with Gasteiger partial charge in [-0.1, -0.05) is 36.4 Å². The monoisotopic (exact) mass is 390 g/mol. The SMILES string of the molecule is CCN(C(=O)c1nc2ccc(C)cc2[nH]1)[C@H]1CCC[C@@H](NCc2ccccc2)C1. The van der Waals surface area contributed by atoms with Crippen LogP contribution in [0, 0.1) is 6.92 Å². The largest absolute Gasteiger partial charge is 0.334 e. The van der Waals surface area contributed by atoms with Crippen LogP contribution in [0.2, 0.25) is 0 Å². The molecule has 152 valence electrons. The molecule has 0 aliphatic heterocycles. The van der Waals surface area contributed by atoms with Gasteiger partial charge in [0, 0.05) is 25.2 Å². The number of aryl methyl sites for hydroxylation is 1. The average molecular weight is 391 g/mol. The van der Waals surface area contributed by atoms with E-state index in [2.05, 4.69) is 46.5 Å². The van der Waals surface area contributed by atoms with Gasteiger partial charge in [0.1, 0.15) is 0 Å². The molecule has 2 aromatic carbocycles. The van der Waals surface area contributed by atoms with Gasteiger partial charge in [0.15, 0.2) is 5.82 Å². The van der Waals surface area contributed by atoms with Gasteiger partial charge in [0.2, 0.25) is 0 Å². The van der Waals surface area contributed by atoms with Gasteiger partial charge in [0.05, 0.1) is 11.0 Å². The van der Waals surface area contributed by atoms with Crippen molar-refractivity contribution in [3.05, 3.63) is 65.5 Å². The van der Waals surface area contributed by atoms with Crippen molar-refractivity contribution in [2.45, 2.75) is 58.2 Å². The molecule has 29 heavy (non-hydrogen) atoms. The number of carbonyl (C=O) groups is 1. The summed E-state index contributed by atoms with van der Waals surface area (Å²) in [4.78, 5) is 23.0. The van der Waals surface area contributed by atoms with Crippen LogP contribution in [-0.2, 0) is 6.54 Å². The number of H-pyrrole nitrogens is 1. The Kier molecular flexibility index (Phi) is 5.95. The lowest BCUT2D eigenvalue weighted by Crippen LogP contribution is -2.47. The Morgan fingerprint density at radius 2 is 2.03 bits per heavy atom. The van der Waals surface area contributed by atoms with E-state index in [0.717, 1.165) is 42.4 Å². The molecule has 0 spiro atoms. The first-order chi connectivity index (χ1) is 14.1. The summed E-state index contributed by atoms with van der Waals surface area (Å²) in [5, 5.41) is 3.69. The zero-order valence-electron chi connectivity index (χ0n) is 17.3. The summed E-state index contributed by atoms with van der Waals surface area (Å²) >= 11 is 0. The molecule has 1 aliphatic carbocycles. The van der Waals surface area contributed by atoms with E-state index in [4.69, 9.17) is 0 Å². The van der Waals surface area contributed by atoms with Crippen LogP contribution in [0.5, 0.6) is 0 Å². The molecular weight excluding hydrogens is 360 g/mol. The highest BCUT2D eigenvalue weighted by Crippen LogP contribution is 2.25. The van der Waals surface area contributed by atoms with E-state index < -0.39 is 0 Å². The summed E-state index contributed by atoms with van der Waals surface area (Å²) in [6, 6.07) is 17.2. The summed E-state index contributed by atoms with van der Waals surface area (Å²) in [6.07, 6.45) is 4.35. The first-order valence-corrected chi connectivity index (χ1v) is 10.7. The predicted molar refractivity (Wildman–Crippen MR) is 117 cm³/mol. The number of imidazole rings is 1. The Balaban J connectivity index is 1.43. The highest BCUT2D eigenvalue weighted by atomic mass is 16.2. The summed E-state index contributed by atoms with van der Waals surface area (Å²) < 4.78 is 0. The number of hydrogen-bond donors (Lipinski definition) is 2. The highest BCUT2D eigenvalue weighted by molar-refractivity contribution is 5.94. The molecule has 4 rings (SSSR count). The summed E-state index contributed by atoms with van der Waals surface area (Å²) in [7, 11) is 0. The van der Waals surface area contributed by atoms with Gasteiger partial charge < -0.3 is 15.2 Å². The second-order valence-electron chi connectivity index (χ2n) is 8.08. The van der Waals surface area contributed by atoms with Crippen molar-refractivity contribution < 1.29 is 4.79 Å². The van der Waals surface area contributed by atoms with Gasteiger partial charge in [-0.05, 0) is 62.8 Å². The van der Waals surface area contributed by atoms with Gasteiger partial charge in [-0.2, -0.15) is 0 Å². The third-order valence-corrected chi connectivity index (χ3v) is 5.97. The number of fused-ring (bicyclic) bond motifs is 1. The third-order valence-electron chi connectivity index (χ3n) is 5.97. The van der Waals surface area contributed by atoms with Gasteiger partial charge >= 0.3 is 0 Å². The van der Waals surface area contributed by atoms with Crippen LogP contribution >= 0.6 is 0 Å². The molecule has 1 saturated carbocycles. The summed E-state index contributed by atoms with van der Waals surface area (Å²) in [6.45, 7) is 5.68. The van der Waals surface area contributed by atoms with Crippen LogP contribution in [0.4, 0.5) is 0 Å². The van der Waals surface area contributed by atoms with Crippen molar-refractivity contribution in [2.24, 2.45) is 0 Å². The van der Waals surface area contributed by atoms with E-state index in [0.29, 0.717) is 18.4 Å². The lowest BCUT2D eigenvalue weighted by Gasteiger charge is -2.37. The molecule has 5 nitrogen and oxygen atoms in total. The number of aromatic amines is 1. The Morgan fingerprint density at radius 1 is 1.21 bits per heavy atom. The standard InChI is InChI=1S/C24H30N4O/c1-3-28(24(29)23-26-21-13-12-17(2)14-22(21)27-23)20-11-7-10-19(15-20)25-16-18-8-5-4-6-9-18/h4-6,8-9,12-14,19-20,25H,3,7,10-11,15-16H2,1-2H3,(H,26,27)/t19-,20+/m1/s1. The summed E-state index contributed by atoms with van der Waals surface area (Å²) in [5.41, 5.74) is 4.24. The number of aromatic nitrogens is 2. The smallest absolute Gasteiger partial charge is 0.289 e. The fraction of sp³-hybridized carbons (Fsp3) is 0.417. The van der Waals surface area contributed by atoms with Crippen molar-refractivity contribution >= 4 is 16.9 Å². The number of amides is 1. The van der Waals surface area contributed by atoms with Crippen LogP contribution in [0.1, 0.15) is 54.4 Å². The van der Waals surface area contributed by atoms with Crippen LogP contribution in [0.15, 0.2) is 48.5 Å². The number of nitrogens with one attached hydrogen (secondary N) is 2. The van der Waals surface area contributed by atoms with Crippen LogP contribution in [0.3, 0.4) is 0 Å². The van der Waals surface area contributed by atoms with E-state index in [-0.39, 0.29) is 11.9 Å². The number of hydrogen-bond acceptors (Lipinski definition) is 3. The average Bonchev–Trinajstić information content (AvgIpc) is 3.17. The van der Waals surface area contributed by atoms with Gasteiger partial charge in [0.25, 0.3) is 5.91 Å². The van der Waals surface area contributed by atoms with Gasteiger partial charge in [-0.15, -0.1) is 0 Å². The van der Waals surface area contributed by atoms with Crippen LogP contribution in [0.25, 0.3) is 11.0 Å². The van der Waals surface area contributed by atoms with Crippen LogP contribution < -0.4 is 5.32 Å². The molecule has 0 bridgehead atoms. The first-order valence-electron chi connectivity index (χ1n) is 10.7. The number of carbonyl (C=O) groups excluding carboxylic acids is 1. The van der Waals surface area contributed by atoms with Gasteiger partial charge in [-0.3, -0.25) is 4.79 Å². The van der Waals surface area contributed by atoms with Crippen molar-refractivity contribution in [1.82, 2.24) is 20.2 Å². The second-order valence-corrected chi connectivity index (χ2v) is 8.08. The molecule has 1 aromatic heterocycles. The second kappa shape index (κ2) is 8.78. The number of benzene rings is 2. The molecule has 1 amide bonds. The quantitative estimate of drug-likeness (QED) is 0.654. The minimum absolute atomic E-state index is 0.00932. The fourth-order valence-electron chi connectivity index (χ4n) is 4.42. The van der Waals surface area contributed by atoms with Crippen LogP contribution in [-0.4, -0.2) is 39.4 Å². The topological polar surface area (TPSA) is 61.0 Å². The van der Waals surface area contributed by atoms with Crippen molar-refractivity contribution in [2.75, 3.05) is 6.54 Å². The predicted octanol–water partition coefficient (Wildman–Crippen LogP) is 4.43. The lowest BCUT2D eigenvalue weighted by molar-refractivity contribution is 0.0617. The van der Waals surface area contributed by atoms with E-state index >= 15 is 0 Å². The minimum atomic E-state index is 0.00932. The normalized spacial score (nSPS) is 19.4. The number of rotatable bonds is 6. The van der Waals surface area contributed by atoms with E-state index in [9.17, 15) is 4.79 Å². The molecule has 1 heterocycles. The molecule has 1 aliphatic rings. The molecule has 1 fully saturated rings.